The Kier molecular flexibility index (Phi) is 7.25. The zero-order valence-electron chi connectivity index (χ0n) is 22.5. The maximum absolute atomic E-state index is 14.5. The van der Waals surface area contributed by atoms with Gasteiger partial charge in [0.2, 0.25) is 0 Å². The molecule has 0 bridgehead atoms. The number of carboxylic acids is 1. The molecular formula is C34H27FN2O4. The average molecular weight is 547 g/mol. The average Bonchev–Trinajstić information content (AvgIpc) is 3.27. The highest BCUT2D eigenvalue weighted by atomic mass is 19.1. The molecule has 0 aliphatic carbocycles. The summed E-state index contributed by atoms with van der Waals surface area (Å²) >= 11 is 0. The Labute approximate surface area is 237 Å². The number of ketones is 1. The number of nitriles is 1. The lowest BCUT2D eigenvalue weighted by atomic mass is 9.71. The van der Waals surface area contributed by atoms with E-state index in [1.54, 1.807) is 72.8 Å². The number of halogens is 1. The number of carboxylic acid groups (broad SMARTS) is 1. The van der Waals surface area contributed by atoms with Crippen LogP contribution in [0.15, 0.2) is 103 Å². The number of aryl methyl sites for hydroxylation is 1. The normalized spacial score (nSPS) is 21.7. The van der Waals surface area contributed by atoms with E-state index in [1.165, 1.54) is 36.1 Å². The number of nitrogens with zero attached hydrogens (tertiary/aromatic N) is 2. The SMILES string of the molecule is Cc1cccc(C(=O)C2C(c3ccc(C#N)cc3)N(C(=O)c3ccccc3)C(C)(C(=O)O)C2c2ccc(F)cc2)c1. The number of likely N-dealkylation sites (tertiary alicyclic amines) is 1. The fraction of sp³-hybridized carbons (Fsp3) is 0.176. The van der Waals surface area contributed by atoms with Crippen molar-refractivity contribution in [3.63, 3.8) is 0 Å². The first-order valence-electron chi connectivity index (χ1n) is 13.2. The largest absolute Gasteiger partial charge is 0.479 e. The van der Waals surface area contributed by atoms with Crippen LogP contribution in [0.1, 0.15) is 61.9 Å². The molecule has 1 saturated heterocycles. The Bertz CT molecular complexity index is 1660. The molecular weight excluding hydrogens is 519 g/mol. The van der Waals surface area contributed by atoms with Crippen LogP contribution in [-0.4, -0.2) is 33.2 Å². The summed E-state index contributed by atoms with van der Waals surface area (Å²) in [5.74, 6) is -4.80. The predicted octanol–water partition coefficient (Wildman–Crippen LogP) is 6.33. The number of aliphatic carboxylic acids is 1. The zero-order chi connectivity index (χ0) is 29.3. The van der Waals surface area contributed by atoms with Crippen LogP contribution in [0.4, 0.5) is 4.39 Å². The fourth-order valence-corrected chi connectivity index (χ4v) is 6.02. The van der Waals surface area contributed by atoms with Crippen LogP contribution in [0.3, 0.4) is 0 Å². The fourth-order valence-electron chi connectivity index (χ4n) is 6.02. The highest BCUT2D eigenvalue weighted by Crippen LogP contribution is 2.57. The van der Waals surface area contributed by atoms with E-state index in [-0.39, 0.29) is 11.3 Å². The highest BCUT2D eigenvalue weighted by Gasteiger charge is 2.64. The Morgan fingerprint density at radius 2 is 1.46 bits per heavy atom. The van der Waals surface area contributed by atoms with Crippen molar-refractivity contribution in [2.75, 3.05) is 0 Å². The summed E-state index contributed by atoms with van der Waals surface area (Å²) in [5.41, 5.74) is 0.891. The molecule has 5 rings (SSSR count). The smallest absolute Gasteiger partial charge is 0.330 e. The van der Waals surface area contributed by atoms with Crippen LogP contribution in [0.5, 0.6) is 0 Å². The molecule has 7 heteroatoms. The van der Waals surface area contributed by atoms with Gasteiger partial charge >= 0.3 is 5.97 Å². The third-order valence-corrected chi connectivity index (χ3v) is 7.97. The summed E-state index contributed by atoms with van der Waals surface area (Å²) in [4.78, 5) is 43.4. The van der Waals surface area contributed by atoms with E-state index in [0.29, 0.717) is 22.3 Å². The number of hydrogen-bond acceptors (Lipinski definition) is 4. The standard InChI is InChI=1S/C34H27FN2O4/c1-21-7-6-10-26(19-21)31(38)28-29(23-15-17-27(35)18-16-23)34(2,33(40)41)37(32(39)25-8-4-3-5-9-25)30(28)24-13-11-22(20-36)12-14-24/h3-19,28-30H,1-2H3,(H,40,41). The summed E-state index contributed by atoms with van der Waals surface area (Å²) in [6.45, 7) is 3.30. The second-order valence-corrected chi connectivity index (χ2v) is 10.5. The number of rotatable bonds is 6. The highest BCUT2D eigenvalue weighted by molar-refractivity contribution is 6.04. The Morgan fingerprint density at radius 1 is 0.854 bits per heavy atom. The number of carbonyl (C=O) groups is 3. The monoisotopic (exact) mass is 546 g/mol. The van der Waals surface area contributed by atoms with Crippen molar-refractivity contribution < 1.29 is 23.9 Å². The van der Waals surface area contributed by atoms with Crippen LogP contribution in [-0.2, 0) is 4.79 Å². The van der Waals surface area contributed by atoms with Crippen molar-refractivity contribution in [3.8, 4) is 6.07 Å². The Morgan fingerprint density at radius 3 is 2.05 bits per heavy atom. The molecule has 1 amide bonds. The van der Waals surface area contributed by atoms with Crippen molar-refractivity contribution in [3.05, 3.63) is 142 Å². The minimum absolute atomic E-state index is 0.264. The van der Waals surface area contributed by atoms with Gasteiger partial charge in [-0.3, -0.25) is 9.59 Å². The summed E-state index contributed by atoms with van der Waals surface area (Å²) in [6.07, 6.45) is 0. The van der Waals surface area contributed by atoms with Crippen molar-refractivity contribution in [2.45, 2.75) is 31.3 Å². The number of amides is 1. The molecule has 1 aliphatic rings. The zero-order valence-corrected chi connectivity index (χ0v) is 22.5. The predicted molar refractivity (Wildman–Crippen MR) is 151 cm³/mol. The molecule has 4 unspecified atom stereocenters. The number of Topliss-reactive ketones (excluding diaryl/α,β-unsaturated/α-hetero) is 1. The van der Waals surface area contributed by atoms with E-state index in [4.69, 9.17) is 0 Å². The third-order valence-electron chi connectivity index (χ3n) is 7.97. The molecule has 1 aliphatic heterocycles. The van der Waals surface area contributed by atoms with Crippen LogP contribution < -0.4 is 0 Å². The minimum atomic E-state index is -1.91. The summed E-state index contributed by atoms with van der Waals surface area (Å²) < 4.78 is 14.1. The van der Waals surface area contributed by atoms with Gasteiger partial charge in [0.25, 0.3) is 5.91 Å². The van der Waals surface area contributed by atoms with Gasteiger partial charge in [-0.2, -0.15) is 5.26 Å². The first-order valence-corrected chi connectivity index (χ1v) is 13.2. The molecule has 6 nitrogen and oxygen atoms in total. The van der Waals surface area contributed by atoms with E-state index in [2.05, 4.69) is 6.07 Å². The van der Waals surface area contributed by atoms with E-state index in [9.17, 15) is 29.1 Å². The second-order valence-electron chi connectivity index (χ2n) is 10.5. The van der Waals surface area contributed by atoms with Crippen LogP contribution in [0.2, 0.25) is 0 Å². The van der Waals surface area contributed by atoms with Gasteiger partial charge in [-0.05, 0) is 67.4 Å². The van der Waals surface area contributed by atoms with Crippen LogP contribution in [0, 0.1) is 30.0 Å². The molecule has 0 saturated carbocycles. The van der Waals surface area contributed by atoms with Crippen LogP contribution >= 0.6 is 0 Å². The van der Waals surface area contributed by atoms with Gasteiger partial charge in [-0.1, -0.05) is 66.2 Å². The van der Waals surface area contributed by atoms with Gasteiger partial charge < -0.3 is 10.0 Å². The maximum atomic E-state index is 14.5. The molecule has 0 spiro atoms. The van der Waals surface area contributed by atoms with E-state index in [0.717, 1.165) is 5.56 Å². The van der Waals surface area contributed by atoms with Gasteiger partial charge in [-0.15, -0.1) is 0 Å². The van der Waals surface area contributed by atoms with E-state index in [1.807, 2.05) is 13.0 Å². The molecule has 1 fully saturated rings. The molecule has 4 aromatic carbocycles. The van der Waals surface area contributed by atoms with E-state index < -0.39 is 41.1 Å². The van der Waals surface area contributed by atoms with Crippen molar-refractivity contribution in [1.82, 2.24) is 4.90 Å². The summed E-state index contributed by atoms with van der Waals surface area (Å²) in [5, 5.41) is 20.3. The quantitative estimate of drug-likeness (QED) is 0.285. The first-order chi connectivity index (χ1) is 19.7. The van der Waals surface area contributed by atoms with Gasteiger partial charge in [0.15, 0.2) is 5.78 Å². The number of carbonyl (C=O) groups excluding carboxylic acids is 2. The lowest BCUT2D eigenvalue weighted by Gasteiger charge is -2.38. The molecule has 1 heterocycles. The van der Waals surface area contributed by atoms with Crippen LogP contribution in [0.25, 0.3) is 0 Å². The van der Waals surface area contributed by atoms with E-state index >= 15 is 0 Å². The number of hydrogen-bond donors (Lipinski definition) is 1. The van der Waals surface area contributed by atoms with Gasteiger partial charge in [-0.25, -0.2) is 9.18 Å². The molecule has 41 heavy (non-hydrogen) atoms. The Hall–Kier alpha value is -5.09. The van der Waals surface area contributed by atoms with Crippen molar-refractivity contribution >= 4 is 17.7 Å². The van der Waals surface area contributed by atoms with Gasteiger partial charge in [0, 0.05) is 17.0 Å². The maximum Gasteiger partial charge on any atom is 0.330 e. The molecule has 1 N–H and O–H groups in total. The molecule has 204 valence electrons. The minimum Gasteiger partial charge on any atom is -0.479 e. The third kappa shape index (κ3) is 4.78. The molecule has 4 atom stereocenters. The van der Waals surface area contributed by atoms with Crippen molar-refractivity contribution in [2.24, 2.45) is 5.92 Å². The topological polar surface area (TPSA) is 98.5 Å². The Balaban J connectivity index is 1.83. The van der Waals surface area contributed by atoms with Gasteiger partial charge in [0.1, 0.15) is 11.4 Å². The summed E-state index contributed by atoms with van der Waals surface area (Å²) in [6, 6.07) is 28.3. The second kappa shape index (κ2) is 10.8. The summed E-state index contributed by atoms with van der Waals surface area (Å²) in [7, 11) is 0. The first kappa shape index (κ1) is 27.5. The number of benzene rings is 4. The lowest BCUT2D eigenvalue weighted by molar-refractivity contribution is -0.148. The lowest BCUT2D eigenvalue weighted by Crippen LogP contribution is -2.54. The van der Waals surface area contributed by atoms with Crippen molar-refractivity contribution in [1.29, 1.82) is 5.26 Å². The molecule has 4 aromatic rings. The molecule has 0 aromatic heterocycles. The van der Waals surface area contributed by atoms with Gasteiger partial charge in [0.05, 0.1) is 23.6 Å². The molecule has 0 radical (unpaired) electrons.